The van der Waals surface area contributed by atoms with Gasteiger partial charge in [0.25, 0.3) is 5.91 Å². The molecule has 3 aliphatic rings. The number of ether oxygens (including phenoxy) is 3. The molecule has 3 heterocycles. The van der Waals surface area contributed by atoms with Crippen molar-refractivity contribution < 1.29 is 32.2 Å². The average molecular weight is 521 g/mol. The van der Waals surface area contributed by atoms with E-state index >= 15 is 0 Å². The van der Waals surface area contributed by atoms with E-state index in [2.05, 4.69) is 5.32 Å². The lowest BCUT2D eigenvalue weighted by Crippen LogP contribution is -2.38. The molecule has 9 nitrogen and oxygen atoms in total. The largest absolute Gasteiger partial charge is 0.454 e. The van der Waals surface area contributed by atoms with Gasteiger partial charge >= 0.3 is 5.97 Å². The zero-order valence-electron chi connectivity index (χ0n) is 19.9. The number of amides is 1. The predicted molar refractivity (Wildman–Crippen MR) is 136 cm³/mol. The lowest BCUT2D eigenvalue weighted by atomic mass is 10.0. The molecule has 2 aliphatic heterocycles. The van der Waals surface area contributed by atoms with Gasteiger partial charge in [0, 0.05) is 11.4 Å². The Morgan fingerprint density at radius 2 is 1.95 bits per heavy atom. The van der Waals surface area contributed by atoms with E-state index in [0.717, 1.165) is 22.4 Å². The molecule has 0 saturated carbocycles. The number of benzene rings is 2. The topological polar surface area (TPSA) is 121 Å². The van der Waals surface area contributed by atoms with Crippen molar-refractivity contribution in [3.05, 3.63) is 64.8 Å². The number of carbonyl (C=O) groups excluding carboxylic acids is 2. The summed E-state index contributed by atoms with van der Waals surface area (Å²) in [5, 5.41) is 3.31. The molecule has 1 fully saturated rings. The van der Waals surface area contributed by atoms with E-state index in [0.29, 0.717) is 47.2 Å². The molecule has 1 saturated heterocycles. The van der Waals surface area contributed by atoms with Crippen LogP contribution < -0.4 is 14.8 Å². The molecular weight excluding hydrogens is 496 g/mol. The van der Waals surface area contributed by atoms with E-state index < -0.39 is 34.4 Å². The number of hydrogen-bond acceptors (Lipinski definition) is 8. The third-order valence-corrected chi connectivity index (χ3v) is 8.58. The molecule has 1 atom stereocenters. The number of esters is 1. The number of allylic oxidation sites excluding steroid dienone is 1. The van der Waals surface area contributed by atoms with Gasteiger partial charge in [0.2, 0.25) is 6.79 Å². The van der Waals surface area contributed by atoms with Crippen LogP contribution in [0.15, 0.2) is 42.5 Å². The molecule has 1 aliphatic carbocycles. The fourth-order valence-electron chi connectivity index (χ4n) is 5.10. The van der Waals surface area contributed by atoms with Gasteiger partial charge in [-0.2, -0.15) is 0 Å². The number of rotatable bonds is 5. The summed E-state index contributed by atoms with van der Waals surface area (Å²) in [6.45, 7) is -0.282. The summed E-state index contributed by atoms with van der Waals surface area (Å²) < 4.78 is 39.6. The molecule has 1 N–H and O–H groups in total. The van der Waals surface area contributed by atoms with Crippen molar-refractivity contribution in [1.29, 1.82) is 0 Å². The maximum Gasteiger partial charge on any atom is 0.339 e. The van der Waals surface area contributed by atoms with Crippen molar-refractivity contribution >= 4 is 44.3 Å². The highest BCUT2D eigenvalue weighted by molar-refractivity contribution is 7.91. The third-order valence-electron chi connectivity index (χ3n) is 6.82. The van der Waals surface area contributed by atoms with E-state index in [4.69, 9.17) is 19.2 Å². The van der Waals surface area contributed by atoms with Crippen molar-refractivity contribution in [2.45, 2.75) is 25.3 Å². The molecule has 0 spiro atoms. The predicted octanol–water partition coefficient (Wildman–Crippen LogP) is 2.91. The summed E-state index contributed by atoms with van der Waals surface area (Å²) in [6.07, 6.45) is 3.71. The van der Waals surface area contributed by atoms with Crippen LogP contribution in [-0.2, 0) is 25.8 Å². The summed E-state index contributed by atoms with van der Waals surface area (Å²) in [5.74, 6) is 0.239. The monoisotopic (exact) mass is 520 g/mol. The Morgan fingerprint density at radius 3 is 2.78 bits per heavy atom. The van der Waals surface area contributed by atoms with Crippen LogP contribution in [0.2, 0.25) is 0 Å². The highest BCUT2D eigenvalue weighted by atomic mass is 32.2. The van der Waals surface area contributed by atoms with Crippen LogP contribution in [0.1, 0.15) is 40.0 Å². The van der Waals surface area contributed by atoms with Crippen LogP contribution in [0.4, 0.5) is 0 Å². The maximum atomic E-state index is 13.3. The van der Waals surface area contributed by atoms with Crippen LogP contribution >= 0.6 is 0 Å². The van der Waals surface area contributed by atoms with E-state index in [-0.39, 0.29) is 18.3 Å². The Kier molecular flexibility index (Phi) is 5.83. The molecule has 10 heteroatoms. The second-order valence-electron chi connectivity index (χ2n) is 9.36. The molecule has 6 rings (SSSR count). The van der Waals surface area contributed by atoms with E-state index in [9.17, 15) is 18.0 Å². The number of pyridine rings is 1. The van der Waals surface area contributed by atoms with Crippen molar-refractivity contribution in [3.63, 3.8) is 0 Å². The first kappa shape index (κ1) is 23.5. The molecule has 190 valence electrons. The Balaban J connectivity index is 1.27. The normalized spacial score (nSPS) is 20.2. The van der Waals surface area contributed by atoms with E-state index in [1.54, 1.807) is 0 Å². The summed E-state index contributed by atoms with van der Waals surface area (Å²) in [6, 6.07) is 12.6. The van der Waals surface area contributed by atoms with Gasteiger partial charge in [-0.05, 0) is 60.2 Å². The lowest BCUT2D eigenvalue weighted by molar-refractivity contribution is -0.124. The minimum Gasteiger partial charge on any atom is -0.454 e. The summed E-state index contributed by atoms with van der Waals surface area (Å²) in [4.78, 5) is 30.5. The minimum atomic E-state index is -3.13. The number of carbonyl (C=O) groups is 2. The van der Waals surface area contributed by atoms with Crippen LogP contribution in [0.5, 0.6) is 11.5 Å². The van der Waals surface area contributed by atoms with E-state index in [1.807, 2.05) is 48.5 Å². The van der Waals surface area contributed by atoms with Crippen LogP contribution in [-0.4, -0.2) is 56.2 Å². The van der Waals surface area contributed by atoms with Crippen molar-refractivity contribution in [2.24, 2.45) is 0 Å². The van der Waals surface area contributed by atoms with Gasteiger partial charge in [-0.3, -0.25) is 4.79 Å². The maximum absolute atomic E-state index is 13.3. The number of nitrogens with one attached hydrogen (secondary N) is 1. The number of nitrogens with zero attached hydrogens (tertiary/aromatic N) is 1. The average Bonchev–Trinajstić information content (AvgIpc) is 3.59. The first-order valence-corrected chi connectivity index (χ1v) is 13.9. The number of para-hydroxylation sites is 1. The number of sulfone groups is 1. The molecule has 0 bridgehead atoms. The Hall–Kier alpha value is -3.92. The summed E-state index contributed by atoms with van der Waals surface area (Å²) in [5.41, 5.74) is 4.53. The van der Waals surface area contributed by atoms with Gasteiger partial charge < -0.3 is 19.5 Å². The number of fused-ring (bicyclic) bond motifs is 3. The van der Waals surface area contributed by atoms with Gasteiger partial charge in [-0.15, -0.1) is 0 Å². The Labute approximate surface area is 213 Å². The summed E-state index contributed by atoms with van der Waals surface area (Å²) in [7, 11) is -3.13. The van der Waals surface area contributed by atoms with Crippen molar-refractivity contribution in [1.82, 2.24) is 10.3 Å². The van der Waals surface area contributed by atoms with Gasteiger partial charge in [-0.1, -0.05) is 24.3 Å². The molecule has 37 heavy (non-hydrogen) atoms. The van der Waals surface area contributed by atoms with Crippen molar-refractivity contribution in [3.8, 4) is 11.5 Å². The smallest absolute Gasteiger partial charge is 0.339 e. The molecule has 1 amide bonds. The van der Waals surface area contributed by atoms with Crippen LogP contribution in [0, 0.1) is 0 Å². The summed E-state index contributed by atoms with van der Waals surface area (Å²) >= 11 is 0. The van der Waals surface area contributed by atoms with E-state index in [1.165, 1.54) is 0 Å². The van der Waals surface area contributed by atoms with Crippen LogP contribution in [0.3, 0.4) is 0 Å². The standard InChI is InChI=1S/C27H24N2O7S/c30-24(28-18-9-10-37(32,33)14-18)13-34-27(31)25-19-3-1-2-4-21(19)29-26-17(6-7-20(25)26)11-16-5-8-22-23(12-16)36-15-35-22/h1-5,8,11-12,18H,6-7,9-10,13-15H2,(H,28,30)/b17-11-/t18-/m1/s1. The molecule has 1 aromatic heterocycles. The third kappa shape index (κ3) is 4.64. The second kappa shape index (κ2) is 9.19. The van der Waals surface area contributed by atoms with Gasteiger partial charge in [-0.25, -0.2) is 18.2 Å². The minimum absolute atomic E-state index is 0.0506. The first-order valence-electron chi connectivity index (χ1n) is 12.1. The fourth-order valence-corrected chi connectivity index (χ4v) is 6.77. The molecule has 2 aromatic carbocycles. The van der Waals surface area contributed by atoms with Crippen LogP contribution in [0.25, 0.3) is 22.6 Å². The number of aromatic nitrogens is 1. The molecule has 0 unspecified atom stereocenters. The quantitative estimate of drug-likeness (QED) is 0.510. The second-order valence-corrected chi connectivity index (χ2v) is 11.6. The van der Waals surface area contributed by atoms with Gasteiger partial charge in [0.05, 0.1) is 28.3 Å². The highest BCUT2D eigenvalue weighted by Crippen LogP contribution is 2.39. The Bertz CT molecular complexity index is 1580. The highest BCUT2D eigenvalue weighted by Gasteiger charge is 2.30. The number of hydrogen-bond donors (Lipinski definition) is 1. The first-order chi connectivity index (χ1) is 17.9. The SMILES string of the molecule is O=C(COC(=O)c1c2c(nc3ccccc13)/C(=C\c1ccc3c(c1)OCO3)CC2)N[C@@H]1CCS(=O)(=O)C1. The molecular formula is C27H24N2O7S. The molecule has 0 radical (unpaired) electrons. The van der Waals surface area contributed by atoms with Crippen molar-refractivity contribution in [2.75, 3.05) is 24.9 Å². The molecule has 3 aromatic rings. The van der Waals surface area contributed by atoms with Gasteiger partial charge in [0.15, 0.2) is 27.9 Å². The zero-order chi connectivity index (χ0) is 25.6. The van der Waals surface area contributed by atoms with Gasteiger partial charge in [0.1, 0.15) is 0 Å². The Morgan fingerprint density at radius 1 is 1.11 bits per heavy atom. The zero-order valence-corrected chi connectivity index (χ0v) is 20.7. The fraction of sp³-hybridized carbons (Fsp3) is 0.296. The lowest BCUT2D eigenvalue weighted by Gasteiger charge is -2.14.